The molecule has 1 N–H and O–H groups in total. The Labute approximate surface area is 146 Å². The Morgan fingerprint density at radius 3 is 2.75 bits per heavy atom. The van der Waals surface area contributed by atoms with Gasteiger partial charge in [0.05, 0.1) is 17.8 Å². The van der Waals surface area contributed by atoms with E-state index in [0.29, 0.717) is 27.8 Å². The van der Waals surface area contributed by atoms with Crippen molar-refractivity contribution in [3.63, 3.8) is 0 Å². The number of aliphatic carboxylic acids is 1. The van der Waals surface area contributed by atoms with Crippen molar-refractivity contribution in [3.8, 4) is 0 Å². The Hall–Kier alpha value is -2.37. The molecule has 0 bridgehead atoms. The van der Waals surface area contributed by atoms with Gasteiger partial charge in [0.2, 0.25) is 0 Å². The fourth-order valence-electron chi connectivity index (χ4n) is 2.38. The van der Waals surface area contributed by atoms with Gasteiger partial charge in [-0.05, 0) is 42.0 Å². The van der Waals surface area contributed by atoms with Gasteiger partial charge in [-0.25, -0.2) is 9.18 Å². The van der Waals surface area contributed by atoms with E-state index in [1.165, 1.54) is 18.2 Å². The van der Waals surface area contributed by atoms with E-state index in [1.54, 1.807) is 28.9 Å². The monoisotopic (exact) mass is 364 g/mol. The number of benzene rings is 2. The molecule has 24 heavy (non-hydrogen) atoms. The Bertz CT molecular complexity index is 967. The first-order chi connectivity index (χ1) is 11.4. The lowest BCUT2D eigenvalue weighted by Crippen LogP contribution is -2.02. The zero-order valence-electron chi connectivity index (χ0n) is 12.2. The third-order valence-electron chi connectivity index (χ3n) is 3.46. The Balaban J connectivity index is 2.09. The highest BCUT2D eigenvalue weighted by Crippen LogP contribution is 2.26. The molecule has 0 spiro atoms. The first-order valence-corrected chi connectivity index (χ1v) is 7.70. The summed E-state index contributed by atoms with van der Waals surface area (Å²) in [4.78, 5) is 10.7. The molecule has 0 aliphatic carbocycles. The molecular weight excluding hydrogens is 354 g/mol. The molecule has 0 fully saturated rings. The molecular formula is C17H11Cl2FN2O2. The number of hydrogen-bond donors (Lipinski definition) is 1. The molecule has 0 saturated carbocycles. The van der Waals surface area contributed by atoms with Crippen LogP contribution < -0.4 is 0 Å². The van der Waals surface area contributed by atoms with Crippen LogP contribution in [0.25, 0.3) is 17.0 Å². The maximum Gasteiger partial charge on any atom is 0.328 e. The predicted molar refractivity (Wildman–Crippen MR) is 91.9 cm³/mol. The van der Waals surface area contributed by atoms with Crippen LogP contribution in [0.3, 0.4) is 0 Å². The summed E-state index contributed by atoms with van der Waals surface area (Å²) in [7, 11) is 0. The van der Waals surface area contributed by atoms with Crippen LogP contribution in [0.15, 0.2) is 42.5 Å². The van der Waals surface area contributed by atoms with Crippen LogP contribution in [0.5, 0.6) is 0 Å². The molecule has 0 radical (unpaired) electrons. The van der Waals surface area contributed by atoms with Gasteiger partial charge in [-0.15, -0.1) is 0 Å². The van der Waals surface area contributed by atoms with E-state index < -0.39 is 11.8 Å². The Morgan fingerprint density at radius 1 is 1.25 bits per heavy atom. The molecule has 0 saturated heterocycles. The number of hydrogen-bond acceptors (Lipinski definition) is 2. The quantitative estimate of drug-likeness (QED) is 0.686. The average molecular weight is 365 g/mol. The second-order valence-electron chi connectivity index (χ2n) is 5.11. The molecule has 0 unspecified atom stereocenters. The van der Waals surface area contributed by atoms with E-state index in [0.717, 1.165) is 17.0 Å². The largest absolute Gasteiger partial charge is 0.478 e. The van der Waals surface area contributed by atoms with Gasteiger partial charge >= 0.3 is 5.97 Å². The van der Waals surface area contributed by atoms with Gasteiger partial charge in [-0.3, -0.25) is 4.68 Å². The maximum atomic E-state index is 13.2. The van der Waals surface area contributed by atoms with Gasteiger partial charge in [-0.1, -0.05) is 29.3 Å². The summed E-state index contributed by atoms with van der Waals surface area (Å²) in [5, 5.41) is 14.8. The molecule has 0 aliphatic rings. The number of carbonyl (C=O) groups is 1. The standard InChI is InChI=1S/C17H11Cl2FN2O2/c18-11-2-4-13-15(5-6-17(23)24)21-22(16(13)7-11)9-10-1-3-12(20)8-14(10)19/h1-8H,9H2,(H,23,24). The number of aromatic nitrogens is 2. The summed E-state index contributed by atoms with van der Waals surface area (Å²) in [6.45, 7) is 0.302. The summed E-state index contributed by atoms with van der Waals surface area (Å²) in [6, 6.07) is 9.36. The van der Waals surface area contributed by atoms with Crippen LogP contribution in [0.1, 0.15) is 11.3 Å². The van der Waals surface area contributed by atoms with Crippen LogP contribution in [-0.2, 0) is 11.3 Å². The van der Waals surface area contributed by atoms with Crippen molar-refractivity contribution in [3.05, 3.63) is 69.6 Å². The highest BCUT2D eigenvalue weighted by atomic mass is 35.5. The average Bonchev–Trinajstić information content (AvgIpc) is 2.85. The van der Waals surface area contributed by atoms with E-state index in [-0.39, 0.29) is 0 Å². The molecule has 1 aromatic heterocycles. The molecule has 3 rings (SSSR count). The van der Waals surface area contributed by atoms with Gasteiger partial charge < -0.3 is 5.11 Å². The SMILES string of the molecule is O=C(O)C=Cc1nn(Cc2ccc(F)cc2Cl)c2cc(Cl)ccc12. The van der Waals surface area contributed by atoms with Crippen molar-refractivity contribution in [2.75, 3.05) is 0 Å². The molecule has 3 aromatic rings. The van der Waals surface area contributed by atoms with Crippen LogP contribution in [0.2, 0.25) is 10.0 Å². The van der Waals surface area contributed by atoms with Crippen molar-refractivity contribution < 1.29 is 14.3 Å². The van der Waals surface area contributed by atoms with Crippen molar-refractivity contribution in [1.29, 1.82) is 0 Å². The normalized spacial score (nSPS) is 11.5. The summed E-state index contributed by atoms with van der Waals surface area (Å²) < 4.78 is 14.8. The Morgan fingerprint density at radius 2 is 2.04 bits per heavy atom. The first kappa shape index (κ1) is 16.5. The van der Waals surface area contributed by atoms with Crippen LogP contribution in [-0.4, -0.2) is 20.9 Å². The number of carboxylic acids is 1. The summed E-state index contributed by atoms with van der Waals surface area (Å²) in [5.41, 5.74) is 1.92. The molecule has 0 aliphatic heterocycles. The van der Waals surface area contributed by atoms with Crippen molar-refractivity contribution in [1.82, 2.24) is 9.78 Å². The zero-order chi connectivity index (χ0) is 17.3. The van der Waals surface area contributed by atoms with E-state index in [9.17, 15) is 9.18 Å². The summed E-state index contributed by atoms with van der Waals surface area (Å²) in [5.74, 6) is -1.48. The Kier molecular flexibility index (Phi) is 4.55. The smallest absolute Gasteiger partial charge is 0.328 e. The first-order valence-electron chi connectivity index (χ1n) is 6.95. The zero-order valence-corrected chi connectivity index (χ0v) is 13.7. The molecule has 0 amide bonds. The molecule has 2 aromatic carbocycles. The van der Waals surface area contributed by atoms with Crippen LogP contribution in [0, 0.1) is 5.82 Å². The van der Waals surface area contributed by atoms with Gasteiger partial charge in [0.25, 0.3) is 0 Å². The lowest BCUT2D eigenvalue weighted by atomic mass is 10.2. The maximum absolute atomic E-state index is 13.2. The number of rotatable bonds is 4. The lowest BCUT2D eigenvalue weighted by molar-refractivity contribution is -0.131. The number of nitrogens with zero attached hydrogens (tertiary/aromatic N) is 2. The molecule has 0 atom stereocenters. The van der Waals surface area contributed by atoms with Crippen molar-refractivity contribution in [2.45, 2.75) is 6.54 Å². The predicted octanol–water partition coefficient (Wildman–Crippen LogP) is 4.63. The third-order valence-corrected chi connectivity index (χ3v) is 4.05. The van der Waals surface area contributed by atoms with E-state index in [2.05, 4.69) is 5.10 Å². The van der Waals surface area contributed by atoms with Gasteiger partial charge in [0, 0.05) is 21.5 Å². The fraction of sp³-hybridized carbons (Fsp3) is 0.0588. The second kappa shape index (κ2) is 6.63. The minimum absolute atomic E-state index is 0.295. The fourth-order valence-corrected chi connectivity index (χ4v) is 2.77. The van der Waals surface area contributed by atoms with Crippen molar-refractivity contribution >= 4 is 46.2 Å². The highest BCUT2D eigenvalue weighted by molar-refractivity contribution is 6.31. The molecule has 7 heteroatoms. The van der Waals surface area contributed by atoms with Crippen molar-refractivity contribution in [2.24, 2.45) is 0 Å². The highest BCUT2D eigenvalue weighted by Gasteiger charge is 2.12. The molecule has 1 heterocycles. The second-order valence-corrected chi connectivity index (χ2v) is 5.96. The number of fused-ring (bicyclic) bond motifs is 1. The third kappa shape index (κ3) is 3.42. The minimum Gasteiger partial charge on any atom is -0.478 e. The number of carboxylic acid groups (broad SMARTS) is 1. The van der Waals surface area contributed by atoms with E-state index in [1.807, 2.05) is 0 Å². The van der Waals surface area contributed by atoms with Gasteiger partial charge in [-0.2, -0.15) is 5.10 Å². The summed E-state index contributed by atoms with van der Waals surface area (Å²) in [6.07, 6.45) is 2.44. The number of halogens is 3. The van der Waals surface area contributed by atoms with Gasteiger partial charge in [0.1, 0.15) is 5.82 Å². The van der Waals surface area contributed by atoms with E-state index >= 15 is 0 Å². The molecule has 4 nitrogen and oxygen atoms in total. The minimum atomic E-state index is -1.06. The topological polar surface area (TPSA) is 55.1 Å². The van der Waals surface area contributed by atoms with Gasteiger partial charge in [0.15, 0.2) is 0 Å². The van der Waals surface area contributed by atoms with Crippen LogP contribution in [0.4, 0.5) is 4.39 Å². The lowest BCUT2D eigenvalue weighted by Gasteiger charge is -2.06. The van der Waals surface area contributed by atoms with Crippen LogP contribution >= 0.6 is 23.2 Å². The molecule has 122 valence electrons. The summed E-state index contributed by atoms with van der Waals surface area (Å²) >= 11 is 12.1. The van der Waals surface area contributed by atoms with E-state index in [4.69, 9.17) is 28.3 Å².